The monoisotopic (exact) mass is 360 g/mol. The van der Waals surface area contributed by atoms with Crippen molar-refractivity contribution in [1.82, 2.24) is 4.90 Å². The highest BCUT2D eigenvalue weighted by Crippen LogP contribution is 2.18. The third kappa shape index (κ3) is 5.09. The van der Waals surface area contributed by atoms with Crippen molar-refractivity contribution < 1.29 is 19.0 Å². The summed E-state index contributed by atoms with van der Waals surface area (Å²) in [6.45, 7) is 4.27. The molecule has 1 saturated heterocycles. The van der Waals surface area contributed by atoms with Gasteiger partial charge in [-0.1, -0.05) is 0 Å². The van der Waals surface area contributed by atoms with Gasteiger partial charge in [0.2, 0.25) is 0 Å². The Morgan fingerprint density at radius 2 is 1.58 bits per heavy atom. The first-order chi connectivity index (χ1) is 12.6. The molecule has 0 aromatic heterocycles. The molecule has 3 rings (SSSR count). The normalized spacial score (nSPS) is 16.3. The van der Waals surface area contributed by atoms with E-state index in [0.29, 0.717) is 12.3 Å². The number of piperazine rings is 1. The molecule has 0 saturated carbocycles. The predicted molar refractivity (Wildman–Crippen MR) is 99.5 cm³/mol. The lowest BCUT2D eigenvalue weighted by Crippen LogP contribution is -2.49. The SMILES string of the molecule is COc1ccc(OC[C@H](O)CN2CCN(c3ccc(F)cc3)CC2)cc1. The van der Waals surface area contributed by atoms with Crippen LogP contribution in [0.3, 0.4) is 0 Å². The fourth-order valence-electron chi connectivity index (χ4n) is 3.06. The maximum Gasteiger partial charge on any atom is 0.123 e. The Labute approximate surface area is 153 Å². The van der Waals surface area contributed by atoms with Crippen molar-refractivity contribution in [3.05, 3.63) is 54.3 Å². The van der Waals surface area contributed by atoms with Gasteiger partial charge in [-0.2, -0.15) is 0 Å². The number of aliphatic hydroxyl groups excluding tert-OH is 1. The number of hydrogen-bond donors (Lipinski definition) is 1. The van der Waals surface area contributed by atoms with Crippen LogP contribution in [0.2, 0.25) is 0 Å². The summed E-state index contributed by atoms with van der Waals surface area (Å²) in [5, 5.41) is 10.2. The third-order valence-electron chi connectivity index (χ3n) is 4.53. The minimum Gasteiger partial charge on any atom is -0.497 e. The molecule has 1 atom stereocenters. The highest BCUT2D eigenvalue weighted by Gasteiger charge is 2.19. The molecule has 1 fully saturated rings. The maximum absolute atomic E-state index is 13.0. The summed E-state index contributed by atoms with van der Waals surface area (Å²) in [6.07, 6.45) is -0.547. The molecule has 1 heterocycles. The highest BCUT2D eigenvalue weighted by molar-refractivity contribution is 5.46. The van der Waals surface area contributed by atoms with Crippen LogP contribution in [0.4, 0.5) is 10.1 Å². The molecule has 1 N–H and O–H groups in total. The molecule has 0 radical (unpaired) electrons. The van der Waals surface area contributed by atoms with E-state index in [0.717, 1.165) is 37.6 Å². The first kappa shape index (κ1) is 18.5. The number of ether oxygens (including phenoxy) is 2. The van der Waals surface area contributed by atoms with Crippen molar-refractivity contribution in [3.8, 4) is 11.5 Å². The van der Waals surface area contributed by atoms with E-state index in [1.807, 2.05) is 36.4 Å². The van der Waals surface area contributed by atoms with Gasteiger partial charge >= 0.3 is 0 Å². The highest BCUT2D eigenvalue weighted by atomic mass is 19.1. The van der Waals surface area contributed by atoms with Crippen LogP contribution >= 0.6 is 0 Å². The molecule has 6 heteroatoms. The Hall–Kier alpha value is -2.31. The molecule has 1 aliphatic rings. The fourth-order valence-corrected chi connectivity index (χ4v) is 3.06. The summed E-state index contributed by atoms with van der Waals surface area (Å²) >= 11 is 0. The Kier molecular flexibility index (Phi) is 6.30. The van der Waals surface area contributed by atoms with Crippen LogP contribution in [0.1, 0.15) is 0 Å². The number of aliphatic hydroxyl groups is 1. The van der Waals surface area contributed by atoms with Gasteiger partial charge in [0.1, 0.15) is 30.0 Å². The van der Waals surface area contributed by atoms with Gasteiger partial charge in [0, 0.05) is 38.4 Å². The van der Waals surface area contributed by atoms with Gasteiger partial charge in [0.05, 0.1) is 7.11 Å². The molecule has 1 aliphatic heterocycles. The van der Waals surface area contributed by atoms with Crippen molar-refractivity contribution in [1.29, 1.82) is 0 Å². The molecule has 2 aromatic carbocycles. The third-order valence-corrected chi connectivity index (χ3v) is 4.53. The van der Waals surface area contributed by atoms with E-state index in [9.17, 15) is 9.50 Å². The van der Waals surface area contributed by atoms with Gasteiger partial charge < -0.3 is 19.5 Å². The molecule has 0 aliphatic carbocycles. The lowest BCUT2D eigenvalue weighted by atomic mass is 10.2. The molecule has 2 aromatic rings. The van der Waals surface area contributed by atoms with Crippen molar-refractivity contribution in [3.63, 3.8) is 0 Å². The second-order valence-corrected chi connectivity index (χ2v) is 6.40. The van der Waals surface area contributed by atoms with Gasteiger partial charge in [-0.15, -0.1) is 0 Å². The molecule has 140 valence electrons. The predicted octanol–water partition coefficient (Wildman–Crippen LogP) is 2.40. The molecular formula is C20H25FN2O3. The lowest BCUT2D eigenvalue weighted by molar-refractivity contribution is 0.0663. The van der Waals surface area contributed by atoms with E-state index in [4.69, 9.17) is 9.47 Å². The average molecular weight is 360 g/mol. The van der Waals surface area contributed by atoms with E-state index in [-0.39, 0.29) is 12.4 Å². The number of halogens is 1. The molecule has 0 spiro atoms. The minimum atomic E-state index is -0.547. The lowest BCUT2D eigenvalue weighted by Gasteiger charge is -2.36. The van der Waals surface area contributed by atoms with Crippen molar-refractivity contribution in [2.24, 2.45) is 0 Å². The van der Waals surface area contributed by atoms with Crippen LogP contribution < -0.4 is 14.4 Å². The molecule has 5 nitrogen and oxygen atoms in total. The number of hydrogen-bond acceptors (Lipinski definition) is 5. The first-order valence-corrected chi connectivity index (χ1v) is 8.82. The zero-order chi connectivity index (χ0) is 18.4. The van der Waals surface area contributed by atoms with Crippen LogP contribution in [-0.4, -0.2) is 62.6 Å². The van der Waals surface area contributed by atoms with Crippen LogP contribution in [0.25, 0.3) is 0 Å². The second-order valence-electron chi connectivity index (χ2n) is 6.40. The van der Waals surface area contributed by atoms with Gasteiger partial charge in [-0.05, 0) is 48.5 Å². The number of rotatable bonds is 7. The van der Waals surface area contributed by atoms with Gasteiger partial charge in [0.15, 0.2) is 0 Å². The zero-order valence-electron chi connectivity index (χ0n) is 15.0. The average Bonchev–Trinajstić information content (AvgIpc) is 2.68. The molecule has 26 heavy (non-hydrogen) atoms. The minimum absolute atomic E-state index is 0.215. The summed E-state index contributed by atoms with van der Waals surface area (Å²) in [5.41, 5.74) is 1.04. The van der Waals surface area contributed by atoms with E-state index < -0.39 is 6.10 Å². The van der Waals surface area contributed by atoms with Crippen LogP contribution in [-0.2, 0) is 0 Å². The number of methoxy groups -OCH3 is 1. The summed E-state index contributed by atoms with van der Waals surface area (Å²) in [6, 6.07) is 13.9. The summed E-state index contributed by atoms with van der Waals surface area (Å²) in [4.78, 5) is 4.46. The van der Waals surface area contributed by atoms with Crippen LogP contribution in [0.15, 0.2) is 48.5 Å². The second kappa shape index (κ2) is 8.87. The Morgan fingerprint density at radius 1 is 0.962 bits per heavy atom. The quantitative estimate of drug-likeness (QED) is 0.822. The number of anilines is 1. The van der Waals surface area contributed by atoms with Crippen molar-refractivity contribution in [2.45, 2.75) is 6.10 Å². The summed E-state index contributed by atoms with van der Waals surface area (Å²) in [5.74, 6) is 1.27. The molecule has 0 bridgehead atoms. The van der Waals surface area contributed by atoms with Crippen molar-refractivity contribution >= 4 is 5.69 Å². The Balaban J connectivity index is 1.40. The Bertz CT molecular complexity index is 670. The van der Waals surface area contributed by atoms with E-state index >= 15 is 0 Å². The van der Waals surface area contributed by atoms with E-state index in [1.54, 1.807) is 7.11 Å². The fraction of sp³-hybridized carbons (Fsp3) is 0.400. The van der Waals surface area contributed by atoms with Crippen molar-refractivity contribution in [2.75, 3.05) is 51.3 Å². The maximum atomic E-state index is 13.0. The van der Waals surface area contributed by atoms with Crippen LogP contribution in [0.5, 0.6) is 11.5 Å². The number of β-amino-alcohol motifs (C(OH)–C–C–N with tert-alkyl or cyclic N) is 1. The standard InChI is InChI=1S/C20H25FN2O3/c1-25-19-6-8-20(9-7-19)26-15-18(24)14-22-10-12-23(13-11-22)17-4-2-16(21)3-5-17/h2-9,18,24H,10-15H2,1H3/t18-/m1/s1. The first-order valence-electron chi connectivity index (χ1n) is 8.82. The Morgan fingerprint density at radius 3 is 2.19 bits per heavy atom. The summed E-state index contributed by atoms with van der Waals surface area (Å²) in [7, 11) is 1.62. The van der Waals surface area contributed by atoms with Gasteiger partial charge in [-0.3, -0.25) is 4.90 Å². The molecule has 0 unspecified atom stereocenters. The van der Waals surface area contributed by atoms with E-state index in [2.05, 4.69) is 9.80 Å². The largest absolute Gasteiger partial charge is 0.497 e. The summed E-state index contributed by atoms with van der Waals surface area (Å²) < 4.78 is 23.8. The topological polar surface area (TPSA) is 45.2 Å². The van der Waals surface area contributed by atoms with Gasteiger partial charge in [0.25, 0.3) is 0 Å². The zero-order valence-corrected chi connectivity index (χ0v) is 15.0. The van der Waals surface area contributed by atoms with Crippen LogP contribution in [0, 0.1) is 5.82 Å². The number of nitrogens with zero attached hydrogens (tertiary/aromatic N) is 2. The molecule has 0 amide bonds. The smallest absolute Gasteiger partial charge is 0.123 e. The van der Waals surface area contributed by atoms with E-state index in [1.165, 1.54) is 12.1 Å². The molecular weight excluding hydrogens is 335 g/mol. The number of benzene rings is 2. The van der Waals surface area contributed by atoms with Gasteiger partial charge in [-0.25, -0.2) is 4.39 Å².